The molecule has 0 saturated heterocycles. The Morgan fingerprint density at radius 2 is 1.75 bits per heavy atom. The van der Waals surface area contributed by atoms with Gasteiger partial charge in [-0.15, -0.1) is 0 Å². The molecule has 0 radical (unpaired) electrons. The molecule has 0 bridgehead atoms. The molecule has 0 amide bonds. The lowest BCUT2D eigenvalue weighted by atomic mass is 9.79. The Kier molecular flexibility index (Phi) is 2.90. The van der Waals surface area contributed by atoms with Crippen LogP contribution in [0, 0.1) is 17.2 Å². The lowest BCUT2D eigenvalue weighted by molar-refractivity contribution is 0.529. The topological polar surface area (TPSA) is 75.6 Å². The quantitative estimate of drug-likeness (QED) is 0.924. The lowest BCUT2D eigenvalue weighted by Gasteiger charge is -2.21. The molecule has 4 heteroatoms. The number of nitrogens with two attached hydrogens (primary N) is 1. The molecule has 1 saturated carbocycles. The minimum Gasteiger partial charge on any atom is -0.368 e. The summed E-state index contributed by atoms with van der Waals surface area (Å²) in [5, 5.41) is 9.48. The third kappa shape index (κ3) is 2.12. The van der Waals surface area contributed by atoms with Crippen molar-refractivity contribution in [3.05, 3.63) is 42.2 Å². The van der Waals surface area contributed by atoms with Gasteiger partial charge in [-0.25, -0.2) is 9.97 Å². The number of nitrogens with zero attached hydrogens (tertiary/aromatic N) is 3. The van der Waals surface area contributed by atoms with Crippen molar-refractivity contribution in [2.45, 2.75) is 25.2 Å². The maximum Gasteiger partial charge on any atom is 0.219 e. The molecule has 3 rings (SSSR count). The van der Waals surface area contributed by atoms with Crippen LogP contribution in [0.5, 0.6) is 0 Å². The zero-order chi connectivity index (χ0) is 14.2. The van der Waals surface area contributed by atoms with Crippen molar-refractivity contribution in [1.29, 1.82) is 5.26 Å². The summed E-state index contributed by atoms with van der Waals surface area (Å²) in [5.41, 5.74) is 8.17. The van der Waals surface area contributed by atoms with Gasteiger partial charge in [-0.1, -0.05) is 24.3 Å². The van der Waals surface area contributed by atoms with Crippen LogP contribution in [0.3, 0.4) is 0 Å². The van der Waals surface area contributed by atoms with Crippen LogP contribution < -0.4 is 5.73 Å². The monoisotopic (exact) mass is 264 g/mol. The van der Waals surface area contributed by atoms with Crippen molar-refractivity contribution < 1.29 is 0 Å². The van der Waals surface area contributed by atoms with Crippen LogP contribution in [0.2, 0.25) is 0 Å². The number of rotatable bonds is 3. The molecule has 2 aromatic rings. The summed E-state index contributed by atoms with van der Waals surface area (Å²) in [6, 6.07) is 10.6. The SMILES string of the molecule is CC(C#N)(c1ccc(-c2cnc(N)nc2)cc1)C1CC1. The van der Waals surface area contributed by atoms with Gasteiger partial charge in [0.1, 0.15) is 0 Å². The van der Waals surface area contributed by atoms with E-state index in [4.69, 9.17) is 5.73 Å². The Labute approximate surface area is 118 Å². The van der Waals surface area contributed by atoms with Gasteiger partial charge in [-0.05, 0) is 36.8 Å². The summed E-state index contributed by atoms with van der Waals surface area (Å²) in [6.07, 6.45) is 5.72. The highest BCUT2D eigenvalue weighted by atomic mass is 15.0. The van der Waals surface area contributed by atoms with Gasteiger partial charge in [0.25, 0.3) is 0 Å². The third-order valence-corrected chi connectivity index (χ3v) is 4.12. The molecule has 1 fully saturated rings. The fraction of sp³-hybridized carbons (Fsp3) is 0.312. The fourth-order valence-electron chi connectivity index (χ4n) is 2.55. The van der Waals surface area contributed by atoms with Crippen LogP contribution in [0.25, 0.3) is 11.1 Å². The summed E-state index contributed by atoms with van der Waals surface area (Å²) >= 11 is 0. The largest absolute Gasteiger partial charge is 0.368 e. The zero-order valence-corrected chi connectivity index (χ0v) is 11.4. The molecule has 1 unspecified atom stereocenters. The number of benzene rings is 1. The summed E-state index contributed by atoms with van der Waals surface area (Å²) < 4.78 is 0. The predicted octanol–water partition coefficient (Wildman–Crippen LogP) is 2.92. The molecule has 4 nitrogen and oxygen atoms in total. The molecular weight excluding hydrogens is 248 g/mol. The number of nitriles is 1. The molecule has 1 aliphatic rings. The van der Waals surface area contributed by atoms with Gasteiger partial charge in [0.05, 0.1) is 11.5 Å². The Bertz CT molecular complexity index is 650. The molecule has 1 atom stereocenters. The van der Waals surface area contributed by atoms with Crippen LogP contribution >= 0.6 is 0 Å². The van der Waals surface area contributed by atoms with E-state index in [0.717, 1.165) is 29.5 Å². The van der Waals surface area contributed by atoms with E-state index < -0.39 is 0 Å². The number of hydrogen-bond acceptors (Lipinski definition) is 4. The van der Waals surface area contributed by atoms with Gasteiger partial charge in [-0.2, -0.15) is 5.26 Å². The van der Waals surface area contributed by atoms with Crippen LogP contribution in [0.1, 0.15) is 25.3 Å². The smallest absolute Gasteiger partial charge is 0.219 e. The second-order valence-electron chi connectivity index (χ2n) is 5.50. The first-order valence-electron chi connectivity index (χ1n) is 6.73. The second-order valence-corrected chi connectivity index (χ2v) is 5.50. The molecule has 0 aliphatic heterocycles. The number of hydrogen-bond donors (Lipinski definition) is 1. The number of anilines is 1. The summed E-state index contributed by atoms with van der Waals surface area (Å²) in [4.78, 5) is 7.99. The summed E-state index contributed by atoms with van der Waals surface area (Å²) in [5.74, 6) is 0.773. The summed E-state index contributed by atoms with van der Waals surface area (Å²) in [7, 11) is 0. The van der Waals surface area contributed by atoms with Crippen LogP contribution in [0.4, 0.5) is 5.95 Å². The second kappa shape index (κ2) is 4.61. The highest BCUT2D eigenvalue weighted by molar-refractivity contribution is 5.62. The zero-order valence-electron chi connectivity index (χ0n) is 11.4. The first kappa shape index (κ1) is 12.6. The van der Waals surface area contributed by atoms with Crippen molar-refractivity contribution in [2.24, 2.45) is 5.92 Å². The van der Waals surface area contributed by atoms with Gasteiger partial charge >= 0.3 is 0 Å². The molecule has 1 heterocycles. The Morgan fingerprint density at radius 3 is 2.25 bits per heavy atom. The molecule has 2 N–H and O–H groups in total. The molecule has 20 heavy (non-hydrogen) atoms. The average molecular weight is 264 g/mol. The molecule has 1 aromatic carbocycles. The van der Waals surface area contributed by atoms with E-state index in [0.29, 0.717) is 5.92 Å². The van der Waals surface area contributed by atoms with E-state index in [-0.39, 0.29) is 11.4 Å². The van der Waals surface area contributed by atoms with Crippen LogP contribution in [0.15, 0.2) is 36.7 Å². The van der Waals surface area contributed by atoms with Gasteiger partial charge < -0.3 is 5.73 Å². The van der Waals surface area contributed by atoms with Crippen LogP contribution in [-0.2, 0) is 5.41 Å². The first-order valence-corrected chi connectivity index (χ1v) is 6.73. The van der Waals surface area contributed by atoms with Gasteiger partial charge in [0.2, 0.25) is 5.95 Å². The number of nitrogen functional groups attached to an aromatic ring is 1. The Balaban J connectivity index is 1.92. The van der Waals surface area contributed by atoms with Crippen molar-refractivity contribution >= 4 is 5.95 Å². The van der Waals surface area contributed by atoms with E-state index in [1.807, 2.05) is 31.2 Å². The molecular formula is C16H16N4. The van der Waals surface area contributed by atoms with Crippen molar-refractivity contribution in [2.75, 3.05) is 5.73 Å². The Hall–Kier alpha value is -2.41. The maximum absolute atomic E-state index is 9.48. The lowest BCUT2D eigenvalue weighted by Crippen LogP contribution is -2.22. The molecule has 0 spiro atoms. The average Bonchev–Trinajstić information content (AvgIpc) is 3.32. The molecule has 1 aromatic heterocycles. The highest BCUT2D eigenvalue weighted by Crippen LogP contribution is 2.47. The summed E-state index contributed by atoms with van der Waals surface area (Å²) in [6.45, 7) is 2.03. The third-order valence-electron chi connectivity index (χ3n) is 4.12. The molecule has 1 aliphatic carbocycles. The Morgan fingerprint density at radius 1 is 1.15 bits per heavy atom. The van der Waals surface area contributed by atoms with Crippen molar-refractivity contribution in [3.8, 4) is 17.2 Å². The van der Waals surface area contributed by atoms with Gasteiger partial charge in [-0.3, -0.25) is 0 Å². The van der Waals surface area contributed by atoms with Crippen molar-refractivity contribution in [1.82, 2.24) is 9.97 Å². The maximum atomic E-state index is 9.48. The van der Waals surface area contributed by atoms with Gasteiger partial charge in [0, 0.05) is 18.0 Å². The minimum atomic E-state index is -0.365. The van der Waals surface area contributed by atoms with E-state index in [2.05, 4.69) is 16.0 Å². The number of aromatic nitrogens is 2. The van der Waals surface area contributed by atoms with Crippen molar-refractivity contribution in [3.63, 3.8) is 0 Å². The standard InChI is InChI=1S/C16H16N4/c1-16(10-17,14-6-7-14)13-4-2-11(3-5-13)12-8-19-15(18)20-9-12/h2-5,8-9,14H,6-7H2,1H3,(H2,18,19,20). The van der Waals surface area contributed by atoms with E-state index in [9.17, 15) is 5.26 Å². The highest BCUT2D eigenvalue weighted by Gasteiger charge is 2.43. The first-order chi connectivity index (χ1) is 9.63. The predicted molar refractivity (Wildman–Crippen MR) is 77.6 cm³/mol. The normalized spacial score (nSPS) is 17.2. The molecule has 100 valence electrons. The fourth-order valence-corrected chi connectivity index (χ4v) is 2.55. The van der Waals surface area contributed by atoms with E-state index in [1.165, 1.54) is 0 Å². The van der Waals surface area contributed by atoms with E-state index >= 15 is 0 Å². The van der Waals surface area contributed by atoms with E-state index in [1.54, 1.807) is 12.4 Å². The minimum absolute atomic E-state index is 0.274. The van der Waals surface area contributed by atoms with Gasteiger partial charge in [0.15, 0.2) is 0 Å². The van der Waals surface area contributed by atoms with Crippen LogP contribution in [-0.4, -0.2) is 9.97 Å².